The summed E-state index contributed by atoms with van der Waals surface area (Å²) in [6.07, 6.45) is 2.55. The number of benzene rings is 1. The highest BCUT2D eigenvalue weighted by atomic mass is 19.3. The summed E-state index contributed by atoms with van der Waals surface area (Å²) in [6.45, 7) is -2.30. The molecular formula is C16H14F5NO4. The fraction of sp³-hybridized carbons (Fsp3) is 0.375. The number of esters is 1. The van der Waals surface area contributed by atoms with E-state index in [9.17, 15) is 31.5 Å². The standard InChI is InChI=1S/C16H14F5NO4/c1-2-25-15(24)9(6-22-7-3-4-7)13(23)8-5-10(17)12(19)14(11(8)18)26-16(20)21/h5-7,16,22H,2-4H2,1H3. The third-order valence-corrected chi connectivity index (χ3v) is 3.35. The van der Waals surface area contributed by atoms with Crippen LogP contribution in [-0.4, -0.2) is 31.0 Å². The van der Waals surface area contributed by atoms with Crippen molar-refractivity contribution in [3.8, 4) is 5.75 Å². The molecule has 10 heteroatoms. The van der Waals surface area contributed by atoms with Crippen LogP contribution in [-0.2, 0) is 9.53 Å². The fourth-order valence-corrected chi connectivity index (χ4v) is 1.96. The lowest BCUT2D eigenvalue weighted by atomic mass is 10.0. The number of alkyl halides is 2. The van der Waals surface area contributed by atoms with Crippen LogP contribution in [0.15, 0.2) is 17.8 Å². The van der Waals surface area contributed by atoms with E-state index in [0.29, 0.717) is 0 Å². The molecule has 1 aliphatic rings. The molecular weight excluding hydrogens is 365 g/mol. The second-order valence-corrected chi connectivity index (χ2v) is 5.29. The molecule has 0 bridgehead atoms. The average molecular weight is 379 g/mol. The first-order valence-electron chi connectivity index (χ1n) is 7.56. The first kappa shape index (κ1) is 19.7. The van der Waals surface area contributed by atoms with Gasteiger partial charge in [-0.3, -0.25) is 4.79 Å². The van der Waals surface area contributed by atoms with E-state index in [-0.39, 0.29) is 18.7 Å². The molecule has 1 fully saturated rings. The summed E-state index contributed by atoms with van der Waals surface area (Å²) in [4.78, 5) is 24.4. The van der Waals surface area contributed by atoms with Gasteiger partial charge < -0.3 is 14.8 Å². The molecule has 0 radical (unpaired) electrons. The van der Waals surface area contributed by atoms with Crippen LogP contribution < -0.4 is 10.1 Å². The molecule has 5 nitrogen and oxygen atoms in total. The quantitative estimate of drug-likeness (QED) is 0.143. The predicted molar refractivity (Wildman–Crippen MR) is 78.2 cm³/mol. The maximum Gasteiger partial charge on any atom is 0.387 e. The highest BCUT2D eigenvalue weighted by molar-refractivity contribution is 6.24. The van der Waals surface area contributed by atoms with E-state index in [1.807, 2.05) is 0 Å². The molecule has 0 atom stereocenters. The number of hydrogen-bond donors (Lipinski definition) is 1. The SMILES string of the molecule is CCOC(=O)C(=CNC1CC1)C(=O)c1cc(F)c(F)c(OC(F)F)c1F. The third-order valence-electron chi connectivity index (χ3n) is 3.35. The van der Waals surface area contributed by atoms with Crippen LogP contribution in [0.4, 0.5) is 22.0 Å². The summed E-state index contributed by atoms with van der Waals surface area (Å²) in [7, 11) is 0. The lowest BCUT2D eigenvalue weighted by molar-refractivity contribution is -0.138. The van der Waals surface area contributed by atoms with Crippen LogP contribution in [0.5, 0.6) is 5.75 Å². The van der Waals surface area contributed by atoms with E-state index in [4.69, 9.17) is 0 Å². The first-order chi connectivity index (χ1) is 12.3. The van der Waals surface area contributed by atoms with Gasteiger partial charge in [0.2, 0.25) is 17.3 Å². The molecule has 0 heterocycles. The summed E-state index contributed by atoms with van der Waals surface area (Å²) in [5.41, 5.74) is -1.83. The van der Waals surface area contributed by atoms with E-state index in [1.165, 1.54) is 6.92 Å². The number of carbonyl (C=O) groups is 2. The number of halogens is 5. The molecule has 0 unspecified atom stereocenters. The van der Waals surface area contributed by atoms with Crippen molar-refractivity contribution in [1.82, 2.24) is 5.32 Å². The van der Waals surface area contributed by atoms with Gasteiger partial charge in [0.15, 0.2) is 11.6 Å². The van der Waals surface area contributed by atoms with Crippen LogP contribution in [0.2, 0.25) is 0 Å². The van der Waals surface area contributed by atoms with Gasteiger partial charge in [0.25, 0.3) is 0 Å². The molecule has 26 heavy (non-hydrogen) atoms. The monoisotopic (exact) mass is 379 g/mol. The minimum absolute atomic E-state index is 0.0137. The van der Waals surface area contributed by atoms with Gasteiger partial charge in [-0.1, -0.05) is 0 Å². The molecule has 1 aliphatic carbocycles. The number of hydrogen-bond acceptors (Lipinski definition) is 5. The number of ketones is 1. The fourth-order valence-electron chi connectivity index (χ4n) is 1.96. The van der Waals surface area contributed by atoms with Gasteiger partial charge in [0, 0.05) is 12.2 Å². The van der Waals surface area contributed by atoms with Gasteiger partial charge in [-0.2, -0.15) is 13.2 Å². The van der Waals surface area contributed by atoms with Gasteiger partial charge in [-0.05, 0) is 25.8 Å². The van der Waals surface area contributed by atoms with Crippen LogP contribution in [0.3, 0.4) is 0 Å². The van der Waals surface area contributed by atoms with Gasteiger partial charge >= 0.3 is 12.6 Å². The van der Waals surface area contributed by atoms with Crippen molar-refractivity contribution in [2.24, 2.45) is 0 Å². The molecule has 142 valence electrons. The molecule has 0 spiro atoms. The second-order valence-electron chi connectivity index (χ2n) is 5.29. The molecule has 1 N–H and O–H groups in total. The normalized spacial score (nSPS) is 14.3. The molecule has 0 aliphatic heterocycles. The van der Waals surface area contributed by atoms with E-state index in [0.717, 1.165) is 19.0 Å². The van der Waals surface area contributed by atoms with Crippen molar-refractivity contribution < 1.29 is 41.0 Å². The van der Waals surface area contributed by atoms with Crippen molar-refractivity contribution in [2.75, 3.05) is 6.61 Å². The Kier molecular flexibility index (Phi) is 6.17. The molecule has 0 amide bonds. The van der Waals surface area contributed by atoms with Gasteiger partial charge in [-0.25, -0.2) is 13.6 Å². The predicted octanol–water partition coefficient (Wildman–Crippen LogP) is 3.09. The van der Waals surface area contributed by atoms with Crippen LogP contribution in [0.25, 0.3) is 0 Å². The largest absolute Gasteiger partial charge is 0.462 e. The van der Waals surface area contributed by atoms with E-state index in [1.54, 1.807) is 0 Å². The number of carbonyl (C=O) groups excluding carboxylic acids is 2. The Morgan fingerprint density at radius 1 is 1.27 bits per heavy atom. The summed E-state index contributed by atoms with van der Waals surface area (Å²) >= 11 is 0. The molecule has 1 saturated carbocycles. The zero-order valence-corrected chi connectivity index (χ0v) is 13.5. The van der Waals surface area contributed by atoms with Gasteiger partial charge in [0.1, 0.15) is 5.57 Å². The maximum atomic E-state index is 14.3. The Bertz CT molecular complexity index is 747. The lowest BCUT2D eigenvalue weighted by Gasteiger charge is -2.12. The van der Waals surface area contributed by atoms with Crippen LogP contribution in [0.1, 0.15) is 30.1 Å². The molecule has 0 aromatic heterocycles. The van der Waals surface area contributed by atoms with Crippen molar-refractivity contribution in [1.29, 1.82) is 0 Å². The zero-order valence-electron chi connectivity index (χ0n) is 13.5. The van der Waals surface area contributed by atoms with Crippen LogP contribution >= 0.6 is 0 Å². The topological polar surface area (TPSA) is 64.6 Å². The number of Topliss-reactive ketones (excluding diaryl/α,β-unsaturated/α-hetero) is 1. The second kappa shape index (κ2) is 8.15. The summed E-state index contributed by atoms with van der Waals surface area (Å²) in [6, 6.07) is 0.176. The van der Waals surface area contributed by atoms with E-state index in [2.05, 4.69) is 14.8 Å². The molecule has 2 rings (SSSR count). The Morgan fingerprint density at radius 2 is 1.92 bits per heavy atom. The third kappa shape index (κ3) is 4.50. The molecule has 0 saturated heterocycles. The highest BCUT2D eigenvalue weighted by Crippen LogP contribution is 2.30. The van der Waals surface area contributed by atoms with Crippen molar-refractivity contribution in [3.63, 3.8) is 0 Å². The highest BCUT2D eigenvalue weighted by Gasteiger charge is 2.31. The van der Waals surface area contributed by atoms with Crippen molar-refractivity contribution >= 4 is 11.8 Å². The zero-order chi connectivity index (χ0) is 19.4. The number of nitrogens with one attached hydrogen (secondary N) is 1. The van der Waals surface area contributed by atoms with Crippen LogP contribution in [0, 0.1) is 17.5 Å². The Balaban J connectivity index is 2.45. The molecule has 1 aromatic carbocycles. The minimum Gasteiger partial charge on any atom is -0.462 e. The maximum absolute atomic E-state index is 14.3. The Labute approximate surface area is 144 Å². The number of rotatable bonds is 8. The summed E-state index contributed by atoms with van der Waals surface area (Å²) in [5, 5.41) is 2.71. The minimum atomic E-state index is -3.65. The van der Waals surface area contributed by atoms with Gasteiger partial charge in [0.05, 0.1) is 12.2 Å². The smallest absolute Gasteiger partial charge is 0.387 e. The number of ether oxygens (including phenoxy) is 2. The lowest BCUT2D eigenvalue weighted by Crippen LogP contribution is -2.22. The Morgan fingerprint density at radius 3 is 2.46 bits per heavy atom. The summed E-state index contributed by atoms with van der Waals surface area (Å²) in [5.74, 6) is -9.91. The van der Waals surface area contributed by atoms with Gasteiger partial charge in [-0.15, -0.1) is 0 Å². The van der Waals surface area contributed by atoms with Crippen molar-refractivity contribution in [2.45, 2.75) is 32.4 Å². The van der Waals surface area contributed by atoms with E-state index >= 15 is 0 Å². The Hall–Kier alpha value is -2.65. The summed E-state index contributed by atoms with van der Waals surface area (Å²) < 4.78 is 74.2. The van der Waals surface area contributed by atoms with Crippen molar-refractivity contribution in [3.05, 3.63) is 40.9 Å². The molecule has 1 aromatic rings. The first-order valence-corrected chi connectivity index (χ1v) is 7.56. The average Bonchev–Trinajstić information content (AvgIpc) is 3.39. The van der Waals surface area contributed by atoms with E-state index < -0.39 is 52.7 Å².